The summed E-state index contributed by atoms with van der Waals surface area (Å²) in [6, 6.07) is 16.2. The average Bonchev–Trinajstić information content (AvgIpc) is 3.37. The lowest BCUT2D eigenvalue weighted by Gasteiger charge is -2.25. The summed E-state index contributed by atoms with van der Waals surface area (Å²) in [5.74, 6) is 0.605. The number of hydrogen-bond acceptors (Lipinski definition) is 4. The van der Waals surface area contributed by atoms with Gasteiger partial charge < -0.3 is 9.42 Å². The first kappa shape index (κ1) is 17.4. The molecule has 1 aliphatic rings. The van der Waals surface area contributed by atoms with E-state index in [4.69, 9.17) is 4.52 Å². The summed E-state index contributed by atoms with van der Waals surface area (Å²) < 4.78 is 18.3. The molecule has 1 aromatic heterocycles. The van der Waals surface area contributed by atoms with E-state index in [-0.39, 0.29) is 17.8 Å². The minimum absolute atomic E-state index is 0.0999. The van der Waals surface area contributed by atoms with Crippen LogP contribution in [-0.2, 0) is 11.2 Å². The van der Waals surface area contributed by atoms with Crippen molar-refractivity contribution in [3.63, 3.8) is 0 Å². The zero-order valence-electron chi connectivity index (χ0n) is 14.8. The van der Waals surface area contributed by atoms with Crippen LogP contribution in [0.1, 0.15) is 36.8 Å². The van der Waals surface area contributed by atoms with Crippen molar-refractivity contribution in [1.29, 1.82) is 0 Å². The van der Waals surface area contributed by atoms with E-state index in [2.05, 4.69) is 22.3 Å². The number of likely N-dealkylation sites (tertiary alicyclic amines) is 1. The standard InChI is InChI=1S/C21H20FN3O2/c22-17-10-8-16(9-11-17)21-23-19(27-24-21)12-13-20(26)25-14-4-7-18(25)15-5-2-1-3-6-15/h1-3,5-6,8-11,18H,4,7,12-14H2. The van der Waals surface area contributed by atoms with Crippen LogP contribution in [0.25, 0.3) is 11.4 Å². The van der Waals surface area contributed by atoms with Crippen LogP contribution in [-0.4, -0.2) is 27.5 Å². The average molecular weight is 365 g/mol. The van der Waals surface area contributed by atoms with Crippen molar-refractivity contribution in [3.8, 4) is 11.4 Å². The first-order chi connectivity index (χ1) is 13.2. The predicted molar refractivity (Wildman–Crippen MR) is 98.1 cm³/mol. The third-order valence-corrected chi connectivity index (χ3v) is 4.88. The lowest BCUT2D eigenvalue weighted by Crippen LogP contribution is -2.30. The van der Waals surface area contributed by atoms with Gasteiger partial charge in [0.2, 0.25) is 17.6 Å². The fraction of sp³-hybridized carbons (Fsp3) is 0.286. The summed E-state index contributed by atoms with van der Waals surface area (Å²) >= 11 is 0. The highest BCUT2D eigenvalue weighted by molar-refractivity contribution is 5.77. The quantitative estimate of drug-likeness (QED) is 0.681. The van der Waals surface area contributed by atoms with Crippen molar-refractivity contribution in [1.82, 2.24) is 15.0 Å². The molecular weight excluding hydrogens is 345 g/mol. The second-order valence-electron chi connectivity index (χ2n) is 6.67. The second kappa shape index (κ2) is 7.70. The molecule has 0 aliphatic carbocycles. The lowest BCUT2D eigenvalue weighted by atomic mass is 10.0. The molecular formula is C21H20FN3O2. The molecule has 3 aromatic rings. The van der Waals surface area contributed by atoms with E-state index in [9.17, 15) is 9.18 Å². The van der Waals surface area contributed by atoms with Gasteiger partial charge in [0.1, 0.15) is 5.82 Å². The topological polar surface area (TPSA) is 59.2 Å². The molecule has 5 nitrogen and oxygen atoms in total. The highest BCUT2D eigenvalue weighted by Crippen LogP contribution is 2.32. The lowest BCUT2D eigenvalue weighted by molar-refractivity contribution is -0.132. The first-order valence-corrected chi connectivity index (χ1v) is 9.13. The Kier molecular flexibility index (Phi) is 4.96. The molecule has 1 unspecified atom stereocenters. The molecule has 1 atom stereocenters. The SMILES string of the molecule is O=C(CCc1nc(-c2ccc(F)cc2)no1)N1CCCC1c1ccccc1. The van der Waals surface area contributed by atoms with Crippen molar-refractivity contribution in [2.45, 2.75) is 31.7 Å². The highest BCUT2D eigenvalue weighted by Gasteiger charge is 2.29. The Balaban J connectivity index is 1.39. The third-order valence-electron chi connectivity index (χ3n) is 4.88. The molecule has 138 valence electrons. The van der Waals surface area contributed by atoms with Crippen molar-refractivity contribution in [2.24, 2.45) is 0 Å². The van der Waals surface area contributed by atoms with Crippen LogP contribution in [0.3, 0.4) is 0 Å². The molecule has 0 radical (unpaired) electrons. The predicted octanol–water partition coefficient (Wildman–Crippen LogP) is 4.17. The Bertz CT molecular complexity index is 909. The van der Waals surface area contributed by atoms with Crippen LogP contribution in [0.2, 0.25) is 0 Å². The maximum Gasteiger partial charge on any atom is 0.227 e. The summed E-state index contributed by atoms with van der Waals surface area (Å²) in [6.07, 6.45) is 2.73. The molecule has 1 amide bonds. The van der Waals surface area contributed by atoms with Gasteiger partial charge >= 0.3 is 0 Å². The van der Waals surface area contributed by atoms with Gasteiger partial charge in [-0.25, -0.2) is 4.39 Å². The Morgan fingerprint density at radius 1 is 1.15 bits per heavy atom. The number of halogens is 1. The molecule has 1 aliphatic heterocycles. The van der Waals surface area contributed by atoms with Crippen LogP contribution < -0.4 is 0 Å². The summed E-state index contributed by atoms with van der Waals surface area (Å²) in [5, 5.41) is 3.92. The van der Waals surface area contributed by atoms with Crippen molar-refractivity contribution >= 4 is 5.91 Å². The molecule has 1 fully saturated rings. The molecule has 0 bridgehead atoms. The number of aromatic nitrogens is 2. The number of amides is 1. The zero-order valence-corrected chi connectivity index (χ0v) is 14.8. The molecule has 6 heteroatoms. The molecule has 0 spiro atoms. The Hall–Kier alpha value is -3.02. The normalized spacial score (nSPS) is 16.6. The molecule has 4 rings (SSSR count). The van der Waals surface area contributed by atoms with E-state index < -0.39 is 0 Å². The highest BCUT2D eigenvalue weighted by atomic mass is 19.1. The van der Waals surface area contributed by atoms with Crippen molar-refractivity contribution in [2.75, 3.05) is 6.54 Å². The van der Waals surface area contributed by atoms with E-state index >= 15 is 0 Å². The summed E-state index contributed by atoms with van der Waals surface area (Å²) in [6.45, 7) is 0.781. The Morgan fingerprint density at radius 3 is 2.70 bits per heavy atom. The van der Waals surface area contributed by atoms with Gasteiger partial charge in [-0.05, 0) is 42.7 Å². The van der Waals surface area contributed by atoms with Gasteiger partial charge in [-0.1, -0.05) is 35.5 Å². The molecule has 2 aromatic carbocycles. The molecule has 0 N–H and O–H groups in total. The molecule has 0 saturated carbocycles. The number of nitrogens with zero attached hydrogens (tertiary/aromatic N) is 3. The molecule has 1 saturated heterocycles. The van der Waals surface area contributed by atoms with Crippen molar-refractivity contribution in [3.05, 3.63) is 71.9 Å². The number of carbonyl (C=O) groups is 1. The Labute approximate surface area is 156 Å². The van der Waals surface area contributed by atoms with E-state index in [1.807, 2.05) is 23.1 Å². The number of carbonyl (C=O) groups excluding carboxylic acids is 1. The summed E-state index contributed by atoms with van der Waals surface area (Å²) in [4.78, 5) is 19.0. The minimum Gasteiger partial charge on any atom is -0.339 e. The smallest absolute Gasteiger partial charge is 0.227 e. The van der Waals surface area contributed by atoms with Gasteiger partial charge in [0.05, 0.1) is 6.04 Å². The van der Waals surface area contributed by atoms with Gasteiger partial charge in [-0.2, -0.15) is 4.98 Å². The largest absolute Gasteiger partial charge is 0.339 e. The van der Waals surface area contributed by atoms with E-state index in [0.29, 0.717) is 30.1 Å². The maximum atomic E-state index is 13.0. The number of benzene rings is 2. The van der Waals surface area contributed by atoms with Crippen LogP contribution >= 0.6 is 0 Å². The van der Waals surface area contributed by atoms with Gasteiger partial charge in [0.15, 0.2) is 0 Å². The Morgan fingerprint density at radius 2 is 1.93 bits per heavy atom. The monoisotopic (exact) mass is 365 g/mol. The molecule has 2 heterocycles. The van der Waals surface area contributed by atoms with Crippen LogP contribution in [0.15, 0.2) is 59.1 Å². The van der Waals surface area contributed by atoms with Crippen molar-refractivity contribution < 1.29 is 13.7 Å². The zero-order chi connectivity index (χ0) is 18.6. The van der Waals surface area contributed by atoms with Crippen LogP contribution in [0, 0.1) is 5.82 Å². The third kappa shape index (κ3) is 3.89. The van der Waals surface area contributed by atoms with E-state index in [0.717, 1.165) is 19.4 Å². The number of rotatable bonds is 5. The van der Waals surface area contributed by atoms with E-state index in [1.165, 1.54) is 17.7 Å². The number of aryl methyl sites for hydroxylation is 1. The summed E-state index contributed by atoms with van der Waals surface area (Å²) in [7, 11) is 0. The van der Waals surface area contributed by atoms with Crippen LogP contribution in [0.5, 0.6) is 0 Å². The van der Waals surface area contributed by atoms with Gasteiger partial charge in [-0.15, -0.1) is 0 Å². The van der Waals surface area contributed by atoms with Gasteiger partial charge in [0.25, 0.3) is 0 Å². The number of hydrogen-bond donors (Lipinski definition) is 0. The second-order valence-corrected chi connectivity index (χ2v) is 6.67. The van der Waals surface area contributed by atoms with Gasteiger partial charge in [-0.3, -0.25) is 4.79 Å². The summed E-state index contributed by atoms with van der Waals surface area (Å²) in [5.41, 5.74) is 1.86. The first-order valence-electron chi connectivity index (χ1n) is 9.13. The minimum atomic E-state index is -0.313. The van der Waals surface area contributed by atoms with Gasteiger partial charge in [0, 0.05) is 24.9 Å². The fourth-order valence-electron chi connectivity index (χ4n) is 3.52. The van der Waals surface area contributed by atoms with Crippen LogP contribution in [0.4, 0.5) is 4.39 Å². The maximum absolute atomic E-state index is 13.0. The van der Waals surface area contributed by atoms with E-state index in [1.54, 1.807) is 12.1 Å². The molecule has 27 heavy (non-hydrogen) atoms. The fourth-order valence-corrected chi connectivity index (χ4v) is 3.52.